The van der Waals surface area contributed by atoms with Crippen LogP contribution < -0.4 is 0 Å². The molecule has 1 aromatic carbocycles. The molecular formula is C9H7BrF2O3. The van der Waals surface area contributed by atoms with Gasteiger partial charge in [-0.05, 0) is 12.1 Å². The van der Waals surface area contributed by atoms with Crippen molar-refractivity contribution in [3.63, 3.8) is 0 Å². The van der Waals surface area contributed by atoms with Crippen LogP contribution in [0.5, 0.6) is 5.75 Å². The highest BCUT2D eigenvalue weighted by atomic mass is 79.9. The molecule has 6 heteroatoms. The second-order valence-corrected chi connectivity index (χ2v) is 3.76. The maximum absolute atomic E-state index is 13.4. The van der Waals surface area contributed by atoms with Crippen LogP contribution in [0.25, 0.3) is 0 Å². The van der Waals surface area contributed by atoms with Gasteiger partial charge < -0.3 is 10.2 Å². The van der Waals surface area contributed by atoms with Gasteiger partial charge in [-0.15, -0.1) is 0 Å². The summed E-state index contributed by atoms with van der Waals surface area (Å²) in [5.74, 6) is -5.86. The predicted octanol–water partition coefficient (Wildman–Crippen LogP) is 2.72. The summed E-state index contributed by atoms with van der Waals surface area (Å²) in [6, 6.07) is 3.76. The molecule has 0 aliphatic rings. The highest BCUT2D eigenvalue weighted by Gasteiger charge is 2.38. The molecule has 0 saturated carbocycles. The lowest BCUT2D eigenvalue weighted by Crippen LogP contribution is -2.19. The van der Waals surface area contributed by atoms with Gasteiger partial charge in [0.1, 0.15) is 12.2 Å². The number of hydrogen-bond donors (Lipinski definition) is 2. The highest BCUT2D eigenvalue weighted by molar-refractivity contribution is 9.10. The zero-order valence-electron chi connectivity index (χ0n) is 7.38. The highest BCUT2D eigenvalue weighted by Crippen LogP contribution is 2.41. The van der Waals surface area contributed by atoms with Gasteiger partial charge in [-0.3, -0.25) is 4.79 Å². The van der Waals surface area contributed by atoms with Crippen LogP contribution in [-0.2, 0) is 10.7 Å². The summed E-state index contributed by atoms with van der Waals surface area (Å²) in [5.41, 5.74) is -0.701. The van der Waals surface area contributed by atoms with E-state index in [1.807, 2.05) is 0 Å². The van der Waals surface area contributed by atoms with E-state index in [1.54, 1.807) is 0 Å². The molecule has 15 heavy (non-hydrogen) atoms. The molecular weight excluding hydrogens is 274 g/mol. The van der Waals surface area contributed by atoms with Crippen LogP contribution in [0.2, 0.25) is 0 Å². The minimum Gasteiger partial charge on any atom is -0.507 e. The number of rotatable bonds is 3. The molecule has 3 nitrogen and oxygen atoms in total. The number of aromatic hydroxyl groups is 1. The Morgan fingerprint density at radius 2 is 2.07 bits per heavy atom. The molecule has 0 amide bonds. The molecule has 0 unspecified atom stereocenters. The van der Waals surface area contributed by atoms with E-state index in [4.69, 9.17) is 5.11 Å². The van der Waals surface area contributed by atoms with E-state index in [9.17, 15) is 18.7 Å². The van der Waals surface area contributed by atoms with E-state index in [2.05, 4.69) is 15.9 Å². The van der Waals surface area contributed by atoms with E-state index in [0.717, 1.165) is 6.07 Å². The number of carboxylic acid groups (broad SMARTS) is 1. The molecule has 0 fully saturated rings. The lowest BCUT2D eigenvalue weighted by Gasteiger charge is -2.17. The summed E-state index contributed by atoms with van der Waals surface area (Å²) in [4.78, 5) is 10.2. The third-order valence-corrected chi connectivity index (χ3v) is 2.39. The van der Waals surface area contributed by atoms with Gasteiger partial charge in [-0.25, -0.2) is 8.78 Å². The van der Waals surface area contributed by atoms with Crippen molar-refractivity contribution in [1.82, 2.24) is 0 Å². The summed E-state index contributed by atoms with van der Waals surface area (Å²) in [6.07, 6.45) is -1.36. The van der Waals surface area contributed by atoms with Crippen LogP contribution >= 0.6 is 15.9 Å². The summed E-state index contributed by atoms with van der Waals surface area (Å²) in [7, 11) is 0. The molecule has 82 valence electrons. The van der Waals surface area contributed by atoms with Gasteiger partial charge >= 0.3 is 5.97 Å². The molecule has 0 aromatic heterocycles. The van der Waals surface area contributed by atoms with Crippen molar-refractivity contribution in [2.45, 2.75) is 12.3 Å². The second-order valence-electron chi connectivity index (χ2n) is 2.91. The third kappa shape index (κ3) is 2.65. The van der Waals surface area contributed by atoms with Crippen LogP contribution in [-0.4, -0.2) is 16.2 Å². The van der Waals surface area contributed by atoms with Crippen molar-refractivity contribution in [3.05, 3.63) is 28.2 Å². The Kier molecular flexibility index (Phi) is 3.28. The zero-order chi connectivity index (χ0) is 11.6. The van der Waals surface area contributed by atoms with E-state index >= 15 is 0 Å². The van der Waals surface area contributed by atoms with Crippen molar-refractivity contribution in [3.8, 4) is 5.75 Å². The zero-order valence-corrected chi connectivity index (χ0v) is 8.96. The van der Waals surface area contributed by atoms with Crippen LogP contribution in [0.15, 0.2) is 22.7 Å². The van der Waals surface area contributed by atoms with E-state index in [1.165, 1.54) is 12.1 Å². The Labute approximate surface area is 92.5 Å². The standard InChI is InChI=1S/C9H7BrF2O3/c10-5-2-1-3-6(13)8(5)9(11,12)4-7(14)15/h1-3,13H,4H2,(H,14,15). The van der Waals surface area contributed by atoms with Gasteiger partial charge in [0.25, 0.3) is 5.92 Å². The number of alkyl halides is 2. The van der Waals surface area contributed by atoms with Gasteiger partial charge in [-0.1, -0.05) is 22.0 Å². The maximum atomic E-state index is 13.4. The number of benzene rings is 1. The number of phenols is 1. The topological polar surface area (TPSA) is 57.5 Å². The number of hydrogen-bond acceptors (Lipinski definition) is 2. The van der Waals surface area contributed by atoms with Crippen molar-refractivity contribution >= 4 is 21.9 Å². The molecule has 0 atom stereocenters. The quantitative estimate of drug-likeness (QED) is 0.895. The van der Waals surface area contributed by atoms with Crippen molar-refractivity contribution in [2.24, 2.45) is 0 Å². The first-order valence-corrected chi connectivity index (χ1v) is 4.71. The fraction of sp³-hybridized carbons (Fsp3) is 0.222. The summed E-state index contributed by atoms with van der Waals surface area (Å²) >= 11 is 2.84. The van der Waals surface area contributed by atoms with E-state index in [-0.39, 0.29) is 4.47 Å². The van der Waals surface area contributed by atoms with Crippen LogP contribution in [0, 0.1) is 0 Å². The van der Waals surface area contributed by atoms with Gasteiger partial charge in [0.05, 0.1) is 5.56 Å². The number of carboxylic acids is 1. The summed E-state index contributed by atoms with van der Waals surface area (Å²) in [6.45, 7) is 0. The normalized spacial score (nSPS) is 11.4. The van der Waals surface area contributed by atoms with Gasteiger partial charge in [0.2, 0.25) is 0 Å². The van der Waals surface area contributed by atoms with Gasteiger partial charge in [0, 0.05) is 4.47 Å². The molecule has 0 aliphatic heterocycles. The van der Waals surface area contributed by atoms with Crippen LogP contribution in [0.3, 0.4) is 0 Å². The largest absolute Gasteiger partial charge is 0.507 e. The first-order valence-electron chi connectivity index (χ1n) is 3.92. The predicted molar refractivity (Wildman–Crippen MR) is 52.0 cm³/mol. The monoisotopic (exact) mass is 280 g/mol. The molecule has 1 rings (SSSR count). The molecule has 0 heterocycles. The fourth-order valence-electron chi connectivity index (χ4n) is 1.15. The Hall–Kier alpha value is -1.17. The number of phenolic OH excluding ortho intramolecular Hbond substituents is 1. The van der Waals surface area contributed by atoms with Crippen LogP contribution in [0.1, 0.15) is 12.0 Å². The van der Waals surface area contributed by atoms with Gasteiger partial charge in [0.15, 0.2) is 0 Å². The Balaban J connectivity index is 3.19. The third-order valence-electron chi connectivity index (χ3n) is 1.73. The average molecular weight is 281 g/mol. The fourth-order valence-corrected chi connectivity index (χ4v) is 1.80. The van der Waals surface area contributed by atoms with Crippen LogP contribution in [0.4, 0.5) is 8.78 Å². The van der Waals surface area contributed by atoms with Crippen molar-refractivity contribution in [2.75, 3.05) is 0 Å². The molecule has 0 radical (unpaired) electrons. The maximum Gasteiger partial charge on any atom is 0.309 e. The molecule has 0 saturated heterocycles. The summed E-state index contributed by atoms with van der Waals surface area (Å²) < 4.78 is 26.7. The molecule has 1 aromatic rings. The number of carbonyl (C=O) groups is 1. The molecule has 0 spiro atoms. The van der Waals surface area contributed by atoms with E-state index in [0.29, 0.717) is 0 Å². The first kappa shape index (κ1) is 11.9. The smallest absolute Gasteiger partial charge is 0.309 e. The van der Waals surface area contributed by atoms with Crippen molar-refractivity contribution in [1.29, 1.82) is 0 Å². The SMILES string of the molecule is O=C(O)CC(F)(F)c1c(O)cccc1Br. The molecule has 0 bridgehead atoms. The van der Waals surface area contributed by atoms with E-state index < -0.39 is 29.6 Å². The lowest BCUT2D eigenvalue weighted by molar-refractivity contribution is -0.145. The number of aliphatic carboxylic acids is 1. The molecule has 2 N–H and O–H groups in total. The minimum atomic E-state index is -3.60. The Bertz CT molecular complexity index is 373. The Morgan fingerprint density at radius 1 is 1.47 bits per heavy atom. The minimum absolute atomic E-state index is 0.0197. The second kappa shape index (κ2) is 4.14. The Morgan fingerprint density at radius 3 is 2.53 bits per heavy atom. The van der Waals surface area contributed by atoms with Crippen molar-refractivity contribution < 1.29 is 23.8 Å². The first-order chi connectivity index (χ1) is 6.84. The number of halogens is 3. The summed E-state index contributed by atoms with van der Waals surface area (Å²) in [5, 5.41) is 17.6. The molecule has 0 aliphatic carbocycles. The lowest BCUT2D eigenvalue weighted by atomic mass is 10.0. The van der Waals surface area contributed by atoms with Gasteiger partial charge in [-0.2, -0.15) is 0 Å². The average Bonchev–Trinajstić information content (AvgIpc) is 1.99.